The fourth-order valence-corrected chi connectivity index (χ4v) is 5.51. The van der Waals surface area contributed by atoms with Crippen LogP contribution >= 0.6 is 11.3 Å². The zero-order valence-corrected chi connectivity index (χ0v) is 20.9. The summed E-state index contributed by atoms with van der Waals surface area (Å²) in [6, 6.07) is 15.7. The predicted octanol–water partition coefficient (Wildman–Crippen LogP) is 3.24. The number of amides is 3. The van der Waals surface area contributed by atoms with Crippen molar-refractivity contribution in [3.8, 4) is 0 Å². The van der Waals surface area contributed by atoms with Gasteiger partial charge < -0.3 is 15.0 Å². The smallest absolute Gasteiger partial charge is 0.263 e. The number of nitrogens with one attached hydrogen (secondary N) is 1. The molecule has 0 saturated carbocycles. The molecule has 1 N–H and O–H groups in total. The van der Waals surface area contributed by atoms with Crippen molar-refractivity contribution in [2.45, 2.75) is 38.1 Å². The number of aromatic nitrogens is 1. The van der Waals surface area contributed by atoms with E-state index in [9.17, 15) is 14.4 Å². The number of hydrogen-bond donors (Lipinski definition) is 1. The summed E-state index contributed by atoms with van der Waals surface area (Å²) in [5, 5.41) is 4.80. The van der Waals surface area contributed by atoms with E-state index in [-0.39, 0.29) is 30.9 Å². The molecule has 0 bridgehead atoms. The molecule has 186 valence electrons. The number of thiophene rings is 1. The standard InChI is InChI=1S/C27H28N4O4S/c1-19-7-9-20(10-8-19)25(33)31-22(24(32)29-17-21-5-2-3-13-28-21)18-35-27(31)11-14-30(15-12-27)26(34)23-6-4-16-36-23/h2-10,13,16,22H,11-12,14-15,17-18H2,1H3,(H,29,32). The minimum atomic E-state index is -0.943. The molecule has 2 fully saturated rings. The van der Waals surface area contributed by atoms with E-state index in [1.165, 1.54) is 11.3 Å². The highest BCUT2D eigenvalue weighted by Crippen LogP contribution is 2.39. The second kappa shape index (κ2) is 10.2. The molecular formula is C27H28N4O4S. The van der Waals surface area contributed by atoms with Crippen molar-refractivity contribution in [3.05, 3.63) is 87.9 Å². The van der Waals surface area contributed by atoms with E-state index in [1.54, 1.807) is 28.1 Å². The molecule has 0 radical (unpaired) electrons. The van der Waals surface area contributed by atoms with E-state index < -0.39 is 11.8 Å². The number of piperidine rings is 1. The van der Waals surface area contributed by atoms with Gasteiger partial charge in [0.2, 0.25) is 5.91 Å². The van der Waals surface area contributed by atoms with Crippen LogP contribution in [0.15, 0.2) is 66.2 Å². The van der Waals surface area contributed by atoms with Gasteiger partial charge in [-0.1, -0.05) is 29.8 Å². The van der Waals surface area contributed by atoms with Gasteiger partial charge in [-0.15, -0.1) is 11.3 Å². The van der Waals surface area contributed by atoms with Crippen molar-refractivity contribution in [1.29, 1.82) is 0 Å². The third-order valence-corrected chi connectivity index (χ3v) is 7.67. The van der Waals surface area contributed by atoms with E-state index in [0.29, 0.717) is 36.4 Å². The van der Waals surface area contributed by atoms with Crippen molar-refractivity contribution >= 4 is 29.1 Å². The van der Waals surface area contributed by atoms with Gasteiger partial charge in [0, 0.05) is 37.7 Å². The number of aryl methyl sites for hydroxylation is 1. The molecule has 1 aromatic carbocycles. The van der Waals surface area contributed by atoms with Gasteiger partial charge in [-0.25, -0.2) is 0 Å². The van der Waals surface area contributed by atoms with E-state index in [0.717, 1.165) is 11.3 Å². The number of rotatable bonds is 5. The normalized spacial score (nSPS) is 18.9. The first kappa shape index (κ1) is 24.1. The highest BCUT2D eigenvalue weighted by molar-refractivity contribution is 7.12. The third kappa shape index (κ3) is 4.76. The Kier molecular flexibility index (Phi) is 6.84. The Balaban J connectivity index is 1.36. The number of nitrogens with zero attached hydrogens (tertiary/aromatic N) is 3. The van der Waals surface area contributed by atoms with Crippen LogP contribution in [0.5, 0.6) is 0 Å². The number of benzene rings is 1. The first-order valence-electron chi connectivity index (χ1n) is 12.0. The Morgan fingerprint density at radius 2 is 1.83 bits per heavy atom. The molecule has 2 aromatic heterocycles. The molecule has 1 atom stereocenters. The molecule has 1 spiro atoms. The van der Waals surface area contributed by atoms with Crippen LogP contribution in [-0.4, -0.2) is 64.0 Å². The maximum absolute atomic E-state index is 13.8. The van der Waals surface area contributed by atoms with Crippen LogP contribution in [-0.2, 0) is 16.1 Å². The van der Waals surface area contributed by atoms with Crippen LogP contribution in [0.25, 0.3) is 0 Å². The van der Waals surface area contributed by atoms with E-state index in [2.05, 4.69) is 10.3 Å². The number of carbonyl (C=O) groups excluding carboxylic acids is 3. The molecule has 8 nitrogen and oxygen atoms in total. The molecule has 1 unspecified atom stereocenters. The van der Waals surface area contributed by atoms with Gasteiger partial charge in [-0.05, 0) is 42.6 Å². The summed E-state index contributed by atoms with van der Waals surface area (Å²) >= 11 is 1.42. The molecule has 3 amide bonds. The predicted molar refractivity (Wildman–Crippen MR) is 135 cm³/mol. The summed E-state index contributed by atoms with van der Waals surface area (Å²) in [6.45, 7) is 3.21. The van der Waals surface area contributed by atoms with Crippen LogP contribution < -0.4 is 5.32 Å². The zero-order valence-electron chi connectivity index (χ0n) is 20.1. The molecule has 2 saturated heterocycles. The first-order valence-corrected chi connectivity index (χ1v) is 12.9. The van der Waals surface area contributed by atoms with Crippen molar-refractivity contribution < 1.29 is 19.1 Å². The molecule has 3 aromatic rings. The van der Waals surface area contributed by atoms with Crippen molar-refractivity contribution in [2.75, 3.05) is 19.7 Å². The molecule has 36 heavy (non-hydrogen) atoms. The van der Waals surface area contributed by atoms with Crippen molar-refractivity contribution in [1.82, 2.24) is 20.1 Å². The molecule has 2 aliphatic heterocycles. The molecule has 9 heteroatoms. The summed E-state index contributed by atoms with van der Waals surface area (Å²) in [4.78, 5) is 48.3. The average molecular weight is 505 g/mol. The Bertz CT molecular complexity index is 1220. The van der Waals surface area contributed by atoms with Gasteiger partial charge in [-0.3, -0.25) is 24.3 Å². The Morgan fingerprint density at radius 3 is 2.50 bits per heavy atom. The quantitative estimate of drug-likeness (QED) is 0.576. The molecule has 4 heterocycles. The average Bonchev–Trinajstić information content (AvgIpc) is 3.57. The molecule has 5 rings (SSSR count). The molecule has 0 aliphatic carbocycles. The molecule has 2 aliphatic rings. The van der Waals surface area contributed by atoms with Gasteiger partial charge in [0.15, 0.2) is 0 Å². The van der Waals surface area contributed by atoms with Crippen LogP contribution in [0, 0.1) is 6.92 Å². The Morgan fingerprint density at radius 1 is 1.06 bits per heavy atom. The highest BCUT2D eigenvalue weighted by Gasteiger charge is 2.54. The van der Waals surface area contributed by atoms with Crippen LogP contribution in [0.2, 0.25) is 0 Å². The zero-order chi connectivity index (χ0) is 25.1. The Hall–Kier alpha value is -3.56. The van der Waals surface area contributed by atoms with E-state index in [4.69, 9.17) is 4.74 Å². The maximum Gasteiger partial charge on any atom is 0.263 e. The van der Waals surface area contributed by atoms with Gasteiger partial charge in [-0.2, -0.15) is 0 Å². The van der Waals surface area contributed by atoms with Crippen LogP contribution in [0.3, 0.4) is 0 Å². The van der Waals surface area contributed by atoms with Gasteiger partial charge in [0.05, 0.1) is 23.7 Å². The number of ether oxygens (including phenoxy) is 1. The summed E-state index contributed by atoms with van der Waals surface area (Å²) in [5.74, 6) is -0.544. The third-order valence-electron chi connectivity index (χ3n) is 6.81. The van der Waals surface area contributed by atoms with E-state index in [1.807, 2.05) is 54.8 Å². The second-order valence-corrected chi connectivity index (χ2v) is 10.1. The minimum absolute atomic E-state index is 0.0149. The molecular weight excluding hydrogens is 476 g/mol. The van der Waals surface area contributed by atoms with E-state index >= 15 is 0 Å². The number of pyridine rings is 1. The van der Waals surface area contributed by atoms with Crippen LogP contribution in [0.4, 0.5) is 0 Å². The minimum Gasteiger partial charge on any atom is -0.353 e. The van der Waals surface area contributed by atoms with Crippen LogP contribution in [0.1, 0.15) is 44.1 Å². The van der Waals surface area contributed by atoms with Gasteiger partial charge in [0.1, 0.15) is 11.8 Å². The monoisotopic (exact) mass is 504 g/mol. The lowest BCUT2D eigenvalue weighted by Crippen LogP contribution is -2.59. The number of hydrogen-bond acceptors (Lipinski definition) is 6. The summed E-state index contributed by atoms with van der Waals surface area (Å²) in [7, 11) is 0. The number of carbonyl (C=O) groups is 3. The summed E-state index contributed by atoms with van der Waals surface area (Å²) < 4.78 is 6.26. The second-order valence-electron chi connectivity index (χ2n) is 9.12. The largest absolute Gasteiger partial charge is 0.353 e. The lowest BCUT2D eigenvalue weighted by Gasteiger charge is -2.44. The summed E-state index contributed by atoms with van der Waals surface area (Å²) in [5.41, 5.74) is 1.34. The Labute approximate surface area is 213 Å². The van der Waals surface area contributed by atoms with Crippen molar-refractivity contribution in [3.63, 3.8) is 0 Å². The number of likely N-dealkylation sites (tertiary alicyclic amines) is 1. The van der Waals surface area contributed by atoms with Crippen molar-refractivity contribution in [2.24, 2.45) is 0 Å². The maximum atomic E-state index is 13.8. The SMILES string of the molecule is Cc1ccc(C(=O)N2C(C(=O)NCc3ccccn3)COC23CCN(C(=O)c2cccs2)CC3)cc1. The topological polar surface area (TPSA) is 91.8 Å². The summed E-state index contributed by atoms with van der Waals surface area (Å²) in [6.07, 6.45) is 2.55. The van der Waals surface area contributed by atoms with Gasteiger partial charge in [0.25, 0.3) is 11.8 Å². The van der Waals surface area contributed by atoms with Gasteiger partial charge >= 0.3 is 0 Å². The fourth-order valence-electron chi connectivity index (χ4n) is 4.82. The lowest BCUT2D eigenvalue weighted by atomic mass is 9.96. The lowest BCUT2D eigenvalue weighted by molar-refractivity contribution is -0.128. The first-order chi connectivity index (χ1) is 17.5. The highest BCUT2D eigenvalue weighted by atomic mass is 32.1. The fraction of sp³-hybridized carbons (Fsp3) is 0.333.